The highest BCUT2D eigenvalue weighted by molar-refractivity contribution is 9.10. The third kappa shape index (κ3) is 5.51. The van der Waals surface area contributed by atoms with Gasteiger partial charge < -0.3 is 20.5 Å². The number of hydrogen-bond donors (Lipinski definition) is 2. The second-order valence-corrected chi connectivity index (χ2v) is 5.88. The summed E-state index contributed by atoms with van der Waals surface area (Å²) in [4.78, 5) is 34.2. The van der Waals surface area contributed by atoms with E-state index < -0.39 is 11.9 Å². The van der Waals surface area contributed by atoms with Gasteiger partial charge in [-0.1, -0.05) is 22.0 Å². The molecule has 6 nitrogen and oxygen atoms in total. The molecule has 7 heteroatoms. The van der Waals surface area contributed by atoms with E-state index in [2.05, 4.69) is 26.6 Å². The van der Waals surface area contributed by atoms with E-state index in [4.69, 9.17) is 0 Å². The number of amides is 2. The largest absolute Gasteiger partial charge is 0.550 e. The number of anilines is 2. The highest BCUT2D eigenvalue weighted by Gasteiger charge is 2.08. The summed E-state index contributed by atoms with van der Waals surface area (Å²) in [6, 6.07) is 13.5. The third-order valence-corrected chi connectivity index (χ3v) is 3.60. The monoisotopic (exact) mass is 389 g/mol. The zero-order valence-corrected chi connectivity index (χ0v) is 14.1. The van der Waals surface area contributed by atoms with E-state index in [1.807, 2.05) is 12.1 Å². The van der Waals surface area contributed by atoms with Gasteiger partial charge in [-0.05, 0) is 48.9 Å². The molecular weight excluding hydrogens is 376 g/mol. The van der Waals surface area contributed by atoms with Crippen LogP contribution in [-0.4, -0.2) is 17.8 Å². The number of carbonyl (C=O) groups is 3. The lowest BCUT2D eigenvalue weighted by atomic mass is 10.1. The number of carboxylic acids is 1. The van der Waals surface area contributed by atoms with Gasteiger partial charge in [0, 0.05) is 33.8 Å². The van der Waals surface area contributed by atoms with E-state index in [0.717, 1.165) is 4.47 Å². The number of aliphatic carboxylic acids is 1. The average Bonchev–Trinajstić information content (AvgIpc) is 2.55. The summed E-state index contributed by atoms with van der Waals surface area (Å²) in [7, 11) is 0. The average molecular weight is 390 g/mol. The van der Waals surface area contributed by atoms with Crippen molar-refractivity contribution in [3.63, 3.8) is 0 Å². The molecule has 0 saturated heterocycles. The van der Waals surface area contributed by atoms with E-state index in [1.165, 1.54) is 6.07 Å². The molecule has 0 unspecified atom stereocenters. The summed E-state index contributed by atoms with van der Waals surface area (Å²) in [5, 5.41) is 15.6. The summed E-state index contributed by atoms with van der Waals surface area (Å²) >= 11 is 3.32. The lowest BCUT2D eigenvalue weighted by Crippen LogP contribution is -2.24. The molecule has 0 heterocycles. The maximum Gasteiger partial charge on any atom is 0.255 e. The first kappa shape index (κ1) is 17.7. The Balaban J connectivity index is 2.01. The SMILES string of the molecule is O=C([O-])CCC(=O)Nc1cccc(C(=O)Nc2ccc(Br)cc2)c1. The molecular formula is C17H14BrN2O4-. The maximum absolute atomic E-state index is 12.2. The first-order valence-electron chi connectivity index (χ1n) is 7.11. The molecule has 124 valence electrons. The zero-order chi connectivity index (χ0) is 17.5. The minimum Gasteiger partial charge on any atom is -0.550 e. The van der Waals surface area contributed by atoms with Crippen molar-refractivity contribution < 1.29 is 19.5 Å². The predicted octanol–water partition coefficient (Wildman–Crippen LogP) is 2.17. The lowest BCUT2D eigenvalue weighted by molar-refractivity contribution is -0.305. The third-order valence-electron chi connectivity index (χ3n) is 3.07. The summed E-state index contributed by atoms with van der Waals surface area (Å²) < 4.78 is 0.904. The molecule has 2 N–H and O–H groups in total. The second kappa shape index (κ2) is 8.26. The van der Waals surface area contributed by atoms with Gasteiger partial charge in [-0.25, -0.2) is 0 Å². The summed E-state index contributed by atoms with van der Waals surface area (Å²) in [5.74, 6) is -2.05. The fourth-order valence-corrected chi connectivity index (χ4v) is 2.18. The fraction of sp³-hybridized carbons (Fsp3) is 0.118. The maximum atomic E-state index is 12.2. The topological polar surface area (TPSA) is 98.3 Å². The molecule has 24 heavy (non-hydrogen) atoms. The molecule has 0 atom stereocenters. The smallest absolute Gasteiger partial charge is 0.255 e. The summed E-state index contributed by atoms with van der Waals surface area (Å²) in [5.41, 5.74) is 1.43. The van der Waals surface area contributed by atoms with Crippen LogP contribution in [0, 0.1) is 0 Å². The van der Waals surface area contributed by atoms with Crippen LogP contribution in [0.25, 0.3) is 0 Å². The van der Waals surface area contributed by atoms with Crippen molar-refractivity contribution >= 4 is 45.1 Å². The van der Waals surface area contributed by atoms with Gasteiger partial charge in [0.1, 0.15) is 0 Å². The normalized spacial score (nSPS) is 10.0. The van der Waals surface area contributed by atoms with E-state index in [1.54, 1.807) is 30.3 Å². The van der Waals surface area contributed by atoms with Gasteiger partial charge in [0.05, 0.1) is 0 Å². The molecule has 2 aromatic carbocycles. The Hall–Kier alpha value is -2.67. The van der Waals surface area contributed by atoms with Crippen LogP contribution < -0.4 is 15.7 Å². The van der Waals surface area contributed by atoms with Crippen molar-refractivity contribution in [2.75, 3.05) is 10.6 Å². The number of carboxylic acid groups (broad SMARTS) is 1. The molecule has 0 aliphatic heterocycles. The Bertz CT molecular complexity index is 759. The van der Waals surface area contributed by atoms with E-state index in [9.17, 15) is 19.5 Å². The lowest BCUT2D eigenvalue weighted by Gasteiger charge is -2.09. The fourth-order valence-electron chi connectivity index (χ4n) is 1.91. The van der Waals surface area contributed by atoms with Crippen LogP contribution in [0.4, 0.5) is 11.4 Å². The Morgan fingerprint density at radius 3 is 2.29 bits per heavy atom. The van der Waals surface area contributed by atoms with Crippen molar-refractivity contribution in [3.8, 4) is 0 Å². The summed E-state index contributed by atoms with van der Waals surface area (Å²) in [6.07, 6.45) is -0.534. The van der Waals surface area contributed by atoms with Crippen LogP contribution in [0.2, 0.25) is 0 Å². The first-order chi connectivity index (χ1) is 11.4. The highest BCUT2D eigenvalue weighted by atomic mass is 79.9. The van der Waals surface area contributed by atoms with Crippen LogP contribution in [0.3, 0.4) is 0 Å². The van der Waals surface area contributed by atoms with Crippen LogP contribution in [0.15, 0.2) is 53.0 Å². The van der Waals surface area contributed by atoms with Crippen LogP contribution in [0.1, 0.15) is 23.2 Å². The van der Waals surface area contributed by atoms with Gasteiger partial charge in [0.25, 0.3) is 5.91 Å². The van der Waals surface area contributed by atoms with Gasteiger partial charge in [0.2, 0.25) is 5.91 Å². The van der Waals surface area contributed by atoms with E-state index in [-0.39, 0.29) is 18.7 Å². The first-order valence-corrected chi connectivity index (χ1v) is 7.90. The highest BCUT2D eigenvalue weighted by Crippen LogP contribution is 2.16. The number of nitrogens with one attached hydrogen (secondary N) is 2. The zero-order valence-electron chi connectivity index (χ0n) is 12.5. The van der Waals surface area contributed by atoms with E-state index >= 15 is 0 Å². The molecule has 2 aromatic rings. The molecule has 0 aromatic heterocycles. The van der Waals surface area contributed by atoms with Crippen LogP contribution in [0.5, 0.6) is 0 Å². The van der Waals surface area contributed by atoms with Crippen molar-refractivity contribution in [1.82, 2.24) is 0 Å². The number of benzene rings is 2. The van der Waals surface area contributed by atoms with Gasteiger partial charge in [-0.3, -0.25) is 9.59 Å². The number of halogens is 1. The van der Waals surface area contributed by atoms with Gasteiger partial charge >= 0.3 is 0 Å². The van der Waals surface area contributed by atoms with Crippen molar-refractivity contribution in [1.29, 1.82) is 0 Å². The predicted molar refractivity (Wildman–Crippen MR) is 91.4 cm³/mol. The van der Waals surface area contributed by atoms with Gasteiger partial charge in [-0.2, -0.15) is 0 Å². The second-order valence-electron chi connectivity index (χ2n) is 4.96. The molecule has 0 saturated carbocycles. The van der Waals surface area contributed by atoms with Crippen LogP contribution in [-0.2, 0) is 9.59 Å². The molecule has 0 bridgehead atoms. The molecule has 2 amide bonds. The minimum atomic E-state index is -1.28. The van der Waals surface area contributed by atoms with Gasteiger partial charge in [0.15, 0.2) is 0 Å². The molecule has 0 spiro atoms. The van der Waals surface area contributed by atoms with Crippen molar-refractivity contribution in [3.05, 3.63) is 58.6 Å². The Morgan fingerprint density at radius 1 is 0.917 bits per heavy atom. The van der Waals surface area contributed by atoms with Crippen molar-refractivity contribution in [2.45, 2.75) is 12.8 Å². The number of hydrogen-bond acceptors (Lipinski definition) is 4. The minimum absolute atomic E-state index is 0.183. The molecule has 2 rings (SSSR count). The van der Waals surface area contributed by atoms with Crippen molar-refractivity contribution in [2.24, 2.45) is 0 Å². The quantitative estimate of drug-likeness (QED) is 0.790. The number of rotatable bonds is 6. The molecule has 0 fully saturated rings. The molecule has 0 aliphatic carbocycles. The summed E-state index contributed by atoms with van der Waals surface area (Å²) in [6.45, 7) is 0. The molecule has 0 aliphatic rings. The van der Waals surface area contributed by atoms with Gasteiger partial charge in [-0.15, -0.1) is 0 Å². The van der Waals surface area contributed by atoms with Crippen LogP contribution >= 0.6 is 15.9 Å². The Labute approximate surface area is 147 Å². The molecule has 0 radical (unpaired) electrons. The van der Waals surface area contributed by atoms with E-state index in [0.29, 0.717) is 16.9 Å². The Morgan fingerprint density at radius 2 is 1.62 bits per heavy atom. The standard InChI is InChI=1S/C17H15BrN2O4/c18-12-4-6-13(7-5-12)20-17(24)11-2-1-3-14(10-11)19-15(21)8-9-16(22)23/h1-7,10H,8-9H2,(H,19,21)(H,20,24)(H,22,23)/p-1. The Kier molecular flexibility index (Phi) is 6.08. The number of carbonyl (C=O) groups excluding carboxylic acids is 3.